The Hall–Kier alpha value is -0.393. The Bertz CT molecular complexity index is 291. The van der Waals surface area contributed by atoms with E-state index in [9.17, 15) is 13.2 Å². The Morgan fingerprint density at radius 3 is 2.25 bits per heavy atom. The van der Waals surface area contributed by atoms with Crippen molar-refractivity contribution in [3.05, 3.63) is 29.3 Å². The second-order valence-electron chi connectivity index (χ2n) is 2.82. The van der Waals surface area contributed by atoms with Crippen LogP contribution < -0.4 is 4.24 Å². The van der Waals surface area contributed by atoms with Gasteiger partial charge in [-0.15, -0.1) is 0 Å². The zero-order chi connectivity index (χ0) is 9.35. The molecule has 4 heteroatoms. The summed E-state index contributed by atoms with van der Waals surface area (Å²) in [5, 5.41) is 0. The summed E-state index contributed by atoms with van der Waals surface area (Å²) in [5.74, 6) is 0. The molecule has 1 aromatic rings. The first kappa shape index (κ1) is 9.69. The molecule has 0 N–H and O–H groups in total. The third-order valence-corrected chi connectivity index (χ3v) is 1.70. The van der Waals surface area contributed by atoms with E-state index in [-0.39, 0.29) is 5.56 Å². The molecule has 12 heavy (non-hydrogen) atoms. The maximum absolute atomic E-state index is 12.2. The molecule has 0 unspecified atom stereocenters. The van der Waals surface area contributed by atoms with E-state index in [0.29, 0.717) is 4.24 Å². The van der Waals surface area contributed by atoms with Gasteiger partial charge in [-0.1, -0.05) is 0 Å². The Labute approximate surface area is 78.0 Å². The van der Waals surface area contributed by atoms with Gasteiger partial charge in [-0.05, 0) is 0 Å². The third-order valence-electron chi connectivity index (χ3n) is 1.70. The van der Waals surface area contributed by atoms with Gasteiger partial charge in [-0.25, -0.2) is 0 Å². The molecule has 1 aromatic carbocycles. The van der Waals surface area contributed by atoms with Gasteiger partial charge >= 0.3 is 77.5 Å². The van der Waals surface area contributed by atoms with Crippen LogP contribution in [0, 0.1) is 6.92 Å². The zero-order valence-corrected chi connectivity index (χ0v) is 6.87. The molecule has 0 heterocycles. The quantitative estimate of drug-likeness (QED) is 0.515. The van der Waals surface area contributed by atoms with Crippen LogP contribution in [0.1, 0.15) is 11.1 Å². The number of rotatable bonds is 0. The first-order valence-electron chi connectivity index (χ1n) is 3.55. The molecule has 0 nitrogen and oxygen atoms in total. The van der Waals surface area contributed by atoms with Gasteiger partial charge in [0.15, 0.2) is 0 Å². The van der Waals surface area contributed by atoms with E-state index in [1.54, 1.807) is 23.8 Å². The van der Waals surface area contributed by atoms with E-state index in [4.69, 9.17) is 0 Å². The molecular weight excluding hydrogens is 160 g/mol. The Morgan fingerprint density at radius 2 is 1.83 bits per heavy atom. The Morgan fingerprint density at radius 1 is 1.25 bits per heavy atom. The van der Waals surface area contributed by atoms with Crippen molar-refractivity contribution in [3.8, 4) is 0 Å². The minimum atomic E-state index is -4.23. The molecule has 0 radical (unpaired) electrons. The Kier molecular flexibility index (Phi) is 2.55. The van der Waals surface area contributed by atoms with E-state index in [2.05, 4.69) is 0 Å². The second kappa shape index (κ2) is 3.16. The predicted molar refractivity (Wildman–Crippen MR) is 41.6 cm³/mol. The van der Waals surface area contributed by atoms with Crippen LogP contribution in [0.3, 0.4) is 0 Å². The second-order valence-corrected chi connectivity index (χ2v) is 2.82. The molecule has 1 rings (SSSR count). The standard InChI is InChI=1S/C8H6F3.Li/c1-6-4-2-3-5-7(6)8(9,10)11;/h2,4-5H,1H3;. The number of aryl methyl sites for hydroxylation is 1. The summed E-state index contributed by atoms with van der Waals surface area (Å²) in [6, 6.07) is 4.32. The molecule has 0 atom stereocenters. The summed E-state index contributed by atoms with van der Waals surface area (Å²) in [4.78, 5) is 0. The molecule has 60 valence electrons. The van der Waals surface area contributed by atoms with Crippen LogP contribution in [0.15, 0.2) is 18.2 Å². The average Bonchev–Trinajstić information content (AvgIpc) is 1.92. The summed E-state index contributed by atoms with van der Waals surface area (Å²) in [5.41, 5.74) is -0.268. The van der Waals surface area contributed by atoms with Gasteiger partial charge in [0, 0.05) is 0 Å². The van der Waals surface area contributed by atoms with E-state index < -0.39 is 11.7 Å². The van der Waals surface area contributed by atoms with Crippen LogP contribution in [-0.2, 0) is 6.18 Å². The molecule has 0 saturated carbocycles. The number of benzene rings is 1. The van der Waals surface area contributed by atoms with Crippen LogP contribution in [0.25, 0.3) is 0 Å². The summed E-state index contributed by atoms with van der Waals surface area (Å²) < 4.78 is 37.3. The average molecular weight is 166 g/mol. The Balaban J connectivity index is 3.23. The van der Waals surface area contributed by atoms with Crippen molar-refractivity contribution in [2.75, 3.05) is 0 Å². The van der Waals surface area contributed by atoms with E-state index >= 15 is 0 Å². The fraction of sp³-hybridized carbons (Fsp3) is 0.250. The summed E-state index contributed by atoms with van der Waals surface area (Å²) in [7, 11) is 0. The molecule has 0 aromatic heterocycles. The monoisotopic (exact) mass is 166 g/mol. The number of hydrogen-bond donors (Lipinski definition) is 0. The number of alkyl halides is 3. The van der Waals surface area contributed by atoms with Gasteiger partial charge in [0.25, 0.3) is 0 Å². The minimum absolute atomic E-state index is 0.271. The van der Waals surface area contributed by atoms with Crippen LogP contribution in [0.4, 0.5) is 13.2 Å². The van der Waals surface area contributed by atoms with E-state index in [1.165, 1.54) is 13.0 Å². The maximum atomic E-state index is 12.2. The molecule has 0 saturated heterocycles. The first-order chi connectivity index (χ1) is 5.41. The fourth-order valence-electron chi connectivity index (χ4n) is 1.04. The van der Waals surface area contributed by atoms with Crippen LogP contribution in [-0.4, -0.2) is 17.7 Å². The molecule has 0 amide bonds. The van der Waals surface area contributed by atoms with Gasteiger partial charge in [-0.3, -0.25) is 0 Å². The fourth-order valence-corrected chi connectivity index (χ4v) is 1.04. The molecule has 0 spiro atoms. The number of halogens is 3. The van der Waals surface area contributed by atoms with Crippen molar-refractivity contribution in [2.24, 2.45) is 0 Å². The van der Waals surface area contributed by atoms with Crippen LogP contribution in [0.5, 0.6) is 0 Å². The van der Waals surface area contributed by atoms with Crippen molar-refractivity contribution in [1.82, 2.24) is 0 Å². The van der Waals surface area contributed by atoms with Gasteiger partial charge in [0.1, 0.15) is 0 Å². The van der Waals surface area contributed by atoms with Gasteiger partial charge in [-0.2, -0.15) is 0 Å². The number of hydrogen-bond acceptors (Lipinski definition) is 0. The third kappa shape index (κ3) is 2.06. The molecule has 0 aliphatic carbocycles. The van der Waals surface area contributed by atoms with Crippen molar-refractivity contribution >= 4 is 22.0 Å². The van der Waals surface area contributed by atoms with Crippen LogP contribution >= 0.6 is 0 Å². The van der Waals surface area contributed by atoms with Crippen molar-refractivity contribution in [2.45, 2.75) is 13.1 Å². The molecule has 0 aliphatic heterocycles. The van der Waals surface area contributed by atoms with Gasteiger partial charge in [0.05, 0.1) is 0 Å². The SMILES string of the molecule is [Li][c]1ccc(C)c(C(F)(F)F)c1. The van der Waals surface area contributed by atoms with Gasteiger partial charge in [0.2, 0.25) is 0 Å². The summed E-state index contributed by atoms with van der Waals surface area (Å²) in [6.07, 6.45) is -4.23. The molecule has 0 aliphatic rings. The molecule has 0 bridgehead atoms. The summed E-state index contributed by atoms with van der Waals surface area (Å²) >= 11 is 1.65. The normalized spacial score (nSPS) is 11.8. The van der Waals surface area contributed by atoms with Crippen molar-refractivity contribution in [3.63, 3.8) is 0 Å². The van der Waals surface area contributed by atoms with Crippen molar-refractivity contribution < 1.29 is 13.2 Å². The molecule has 0 fully saturated rings. The van der Waals surface area contributed by atoms with E-state index in [1.807, 2.05) is 0 Å². The van der Waals surface area contributed by atoms with Crippen molar-refractivity contribution in [1.29, 1.82) is 0 Å². The van der Waals surface area contributed by atoms with E-state index in [0.717, 1.165) is 6.07 Å². The summed E-state index contributed by atoms with van der Waals surface area (Å²) in [6.45, 7) is 1.46. The first-order valence-corrected chi connectivity index (χ1v) is 3.55. The molecular formula is C8H6F3Li. The predicted octanol–water partition coefficient (Wildman–Crippen LogP) is 1.81. The van der Waals surface area contributed by atoms with Gasteiger partial charge < -0.3 is 0 Å². The topological polar surface area (TPSA) is 0 Å². The van der Waals surface area contributed by atoms with Crippen LogP contribution in [0.2, 0.25) is 0 Å². The zero-order valence-electron chi connectivity index (χ0n) is 6.87.